The Labute approximate surface area is 129 Å². The van der Waals surface area contributed by atoms with Crippen LogP contribution in [0.1, 0.15) is 34.1 Å². The fraction of sp³-hybridized carbons (Fsp3) is 0.667. The summed E-state index contributed by atoms with van der Waals surface area (Å²) in [7, 11) is 0. The summed E-state index contributed by atoms with van der Waals surface area (Å²) >= 11 is 0. The molecule has 2 heterocycles. The fourth-order valence-electron chi connectivity index (χ4n) is 3.24. The van der Waals surface area contributed by atoms with Gasteiger partial charge in [-0.3, -0.25) is 19.3 Å². The average Bonchev–Trinajstić information content (AvgIpc) is 2.82. The highest BCUT2D eigenvalue weighted by Gasteiger charge is 2.54. The van der Waals surface area contributed by atoms with Gasteiger partial charge >= 0.3 is 0 Å². The first kappa shape index (κ1) is 16.6. The van der Waals surface area contributed by atoms with Crippen LogP contribution in [-0.2, 0) is 14.4 Å². The van der Waals surface area contributed by atoms with E-state index in [-0.39, 0.29) is 36.7 Å². The number of imide groups is 1. The Morgan fingerprint density at radius 2 is 1.82 bits per heavy atom. The third-order valence-electron chi connectivity index (χ3n) is 4.53. The number of carbonyl (C=O) groups excluding carboxylic acids is 3. The first-order chi connectivity index (χ1) is 10.1. The highest BCUT2D eigenvalue weighted by atomic mass is 16.5. The zero-order valence-electron chi connectivity index (χ0n) is 13.4. The van der Waals surface area contributed by atoms with Crippen molar-refractivity contribution in [1.82, 2.24) is 15.3 Å². The number of hydrogen-bond acceptors (Lipinski definition) is 5. The first-order valence-corrected chi connectivity index (χ1v) is 7.38. The average molecular weight is 309 g/mol. The number of hydroxylamine groups is 2. The van der Waals surface area contributed by atoms with E-state index in [0.717, 1.165) is 4.90 Å². The third-order valence-corrected chi connectivity index (χ3v) is 4.53. The van der Waals surface area contributed by atoms with Gasteiger partial charge in [0.15, 0.2) is 0 Å². The lowest BCUT2D eigenvalue weighted by atomic mass is 9.86. The Kier molecular flexibility index (Phi) is 4.14. The maximum absolute atomic E-state index is 12.4. The van der Waals surface area contributed by atoms with Gasteiger partial charge in [0.1, 0.15) is 0 Å². The molecule has 0 aromatic heterocycles. The molecule has 2 N–H and O–H groups in total. The number of nitrogens with one attached hydrogen (secondary N) is 1. The van der Waals surface area contributed by atoms with E-state index in [9.17, 15) is 19.6 Å². The highest BCUT2D eigenvalue weighted by molar-refractivity contribution is 6.12. The monoisotopic (exact) mass is 309 g/mol. The summed E-state index contributed by atoms with van der Waals surface area (Å²) < 4.78 is 0. The third kappa shape index (κ3) is 2.78. The molecule has 2 aliphatic heterocycles. The molecule has 1 fully saturated rings. The molecule has 0 aromatic carbocycles. The maximum atomic E-state index is 12.4. The molecule has 0 bridgehead atoms. The largest absolute Gasteiger partial charge is 0.354 e. The highest BCUT2D eigenvalue weighted by Crippen LogP contribution is 2.43. The zero-order chi connectivity index (χ0) is 16.7. The minimum atomic E-state index is -0.672. The van der Waals surface area contributed by atoms with Gasteiger partial charge in [-0.15, -0.1) is 0 Å². The van der Waals surface area contributed by atoms with Crippen molar-refractivity contribution >= 4 is 17.7 Å². The van der Waals surface area contributed by atoms with Gasteiger partial charge in [0, 0.05) is 30.8 Å². The molecule has 3 amide bonds. The molecule has 1 atom stereocenters. The van der Waals surface area contributed by atoms with Crippen LogP contribution in [0.4, 0.5) is 0 Å². The van der Waals surface area contributed by atoms with Crippen LogP contribution in [0.15, 0.2) is 12.2 Å². The smallest absolute Gasteiger partial charge is 0.253 e. The molecule has 0 aromatic rings. The van der Waals surface area contributed by atoms with Crippen LogP contribution in [0.25, 0.3) is 0 Å². The predicted molar refractivity (Wildman–Crippen MR) is 78.8 cm³/mol. The Morgan fingerprint density at radius 3 is 2.27 bits per heavy atom. The maximum Gasteiger partial charge on any atom is 0.253 e. The van der Waals surface area contributed by atoms with Crippen LogP contribution in [0.3, 0.4) is 0 Å². The molecule has 122 valence electrons. The minimum absolute atomic E-state index is 0.149. The van der Waals surface area contributed by atoms with Gasteiger partial charge in [-0.1, -0.05) is 0 Å². The van der Waals surface area contributed by atoms with Crippen molar-refractivity contribution in [1.29, 1.82) is 0 Å². The summed E-state index contributed by atoms with van der Waals surface area (Å²) in [6, 6.07) is 0. The molecule has 7 nitrogen and oxygen atoms in total. The molecular weight excluding hydrogens is 286 g/mol. The molecule has 1 saturated heterocycles. The molecule has 1 unspecified atom stereocenters. The molecule has 7 heteroatoms. The molecule has 2 aliphatic rings. The fourth-order valence-corrected chi connectivity index (χ4v) is 3.24. The van der Waals surface area contributed by atoms with Gasteiger partial charge in [0.2, 0.25) is 5.91 Å². The Bertz CT molecular complexity index is 521. The first-order valence-electron chi connectivity index (χ1n) is 7.38. The number of hydrogen-bond donors (Lipinski definition) is 2. The number of amides is 3. The van der Waals surface area contributed by atoms with Crippen molar-refractivity contribution in [2.45, 2.75) is 45.2 Å². The van der Waals surface area contributed by atoms with E-state index in [4.69, 9.17) is 0 Å². The topological polar surface area (TPSA) is 90.0 Å². The number of rotatable bonds is 4. The van der Waals surface area contributed by atoms with Crippen molar-refractivity contribution in [3.63, 3.8) is 0 Å². The van der Waals surface area contributed by atoms with E-state index in [1.54, 1.807) is 0 Å². The van der Waals surface area contributed by atoms with Crippen LogP contribution in [0.2, 0.25) is 0 Å². The molecule has 22 heavy (non-hydrogen) atoms. The minimum Gasteiger partial charge on any atom is -0.354 e. The van der Waals surface area contributed by atoms with E-state index in [0.29, 0.717) is 6.42 Å². The van der Waals surface area contributed by atoms with E-state index < -0.39 is 11.1 Å². The lowest BCUT2D eigenvalue weighted by molar-refractivity contribution is -0.197. The van der Waals surface area contributed by atoms with Gasteiger partial charge in [-0.25, -0.2) is 0 Å². The Morgan fingerprint density at radius 1 is 1.27 bits per heavy atom. The van der Waals surface area contributed by atoms with Crippen molar-refractivity contribution in [3.05, 3.63) is 12.2 Å². The molecular formula is C15H23N3O4. The summed E-state index contributed by atoms with van der Waals surface area (Å²) in [6.07, 6.45) is 2.97. The SMILES string of the molecule is CC1(C)CC(C(=O)NCCN2C(=O)C=CC2=O)C(C)(C)N1O. The van der Waals surface area contributed by atoms with E-state index in [1.807, 2.05) is 27.7 Å². The van der Waals surface area contributed by atoms with Crippen LogP contribution >= 0.6 is 0 Å². The molecule has 0 saturated carbocycles. The van der Waals surface area contributed by atoms with Crippen molar-refractivity contribution in [2.24, 2.45) is 5.92 Å². The van der Waals surface area contributed by atoms with Crippen LogP contribution < -0.4 is 5.32 Å². The molecule has 0 aliphatic carbocycles. The Hall–Kier alpha value is -1.73. The van der Waals surface area contributed by atoms with Gasteiger partial charge in [-0.2, -0.15) is 5.06 Å². The summed E-state index contributed by atoms with van der Waals surface area (Å²) in [4.78, 5) is 36.3. The second kappa shape index (κ2) is 5.48. The van der Waals surface area contributed by atoms with Crippen LogP contribution in [-0.4, -0.2) is 57.1 Å². The Balaban J connectivity index is 1.91. The van der Waals surface area contributed by atoms with E-state index >= 15 is 0 Å². The predicted octanol–water partition coefficient (Wildman–Crippen LogP) is 0.296. The normalized spacial score (nSPS) is 26.8. The molecule has 0 spiro atoms. The summed E-state index contributed by atoms with van der Waals surface area (Å²) in [6.45, 7) is 7.77. The van der Waals surface area contributed by atoms with Crippen LogP contribution in [0, 0.1) is 5.92 Å². The van der Waals surface area contributed by atoms with Crippen molar-refractivity contribution in [3.8, 4) is 0 Å². The quantitative estimate of drug-likeness (QED) is 0.729. The van der Waals surface area contributed by atoms with Gasteiger partial charge in [-0.05, 0) is 34.1 Å². The van der Waals surface area contributed by atoms with Crippen LogP contribution in [0.5, 0.6) is 0 Å². The summed E-state index contributed by atoms with van der Waals surface area (Å²) in [5, 5.41) is 14.2. The number of nitrogens with zero attached hydrogens (tertiary/aromatic N) is 2. The standard InChI is InChI=1S/C15H23N3O4/c1-14(2)9-10(15(3,4)18(14)22)13(21)16-7-8-17-11(19)5-6-12(17)20/h5-6,10,22H,7-9H2,1-4H3,(H,16,21). The summed E-state index contributed by atoms with van der Waals surface area (Å²) in [5.74, 6) is -1.26. The number of carbonyl (C=O) groups is 3. The van der Waals surface area contributed by atoms with Gasteiger partial charge in [0.05, 0.1) is 11.5 Å². The lowest BCUT2D eigenvalue weighted by Crippen LogP contribution is -2.50. The van der Waals surface area contributed by atoms with Gasteiger partial charge < -0.3 is 10.5 Å². The second-order valence-corrected chi connectivity index (χ2v) is 6.99. The van der Waals surface area contributed by atoms with E-state index in [2.05, 4.69) is 5.32 Å². The van der Waals surface area contributed by atoms with Crippen molar-refractivity contribution < 1.29 is 19.6 Å². The van der Waals surface area contributed by atoms with Crippen molar-refractivity contribution in [2.75, 3.05) is 13.1 Å². The zero-order valence-corrected chi connectivity index (χ0v) is 13.4. The molecule has 0 radical (unpaired) electrons. The molecule has 2 rings (SSSR count). The second-order valence-electron chi connectivity index (χ2n) is 6.99. The lowest BCUT2D eigenvalue weighted by Gasteiger charge is -2.35. The van der Waals surface area contributed by atoms with E-state index in [1.165, 1.54) is 17.2 Å². The summed E-state index contributed by atoms with van der Waals surface area (Å²) in [5.41, 5.74) is -1.15. The van der Waals surface area contributed by atoms with Gasteiger partial charge in [0.25, 0.3) is 11.8 Å².